The van der Waals surface area contributed by atoms with Crippen molar-refractivity contribution in [2.75, 3.05) is 18.0 Å². The molecule has 1 aromatic carbocycles. The van der Waals surface area contributed by atoms with Gasteiger partial charge in [0.05, 0.1) is 23.1 Å². The zero-order valence-corrected chi connectivity index (χ0v) is 18.0. The Morgan fingerprint density at radius 1 is 1.06 bits per heavy atom. The molecule has 0 unspecified atom stereocenters. The lowest BCUT2D eigenvalue weighted by molar-refractivity contribution is -0.142. The van der Waals surface area contributed by atoms with Gasteiger partial charge in [0.2, 0.25) is 0 Å². The van der Waals surface area contributed by atoms with Crippen LogP contribution in [0.1, 0.15) is 44.9 Å². The van der Waals surface area contributed by atoms with Crippen molar-refractivity contribution < 1.29 is 19.4 Å². The summed E-state index contributed by atoms with van der Waals surface area (Å²) in [7, 11) is 0. The van der Waals surface area contributed by atoms with E-state index in [0.29, 0.717) is 11.3 Å². The van der Waals surface area contributed by atoms with E-state index < -0.39 is 5.97 Å². The smallest absolute Gasteiger partial charge is 0.306 e. The Balaban J connectivity index is 0.000000230. The van der Waals surface area contributed by atoms with Gasteiger partial charge in [-0.05, 0) is 56.0 Å². The van der Waals surface area contributed by atoms with E-state index >= 15 is 0 Å². The van der Waals surface area contributed by atoms with Gasteiger partial charge in [-0.2, -0.15) is 0 Å². The maximum Gasteiger partial charge on any atom is 0.306 e. The lowest BCUT2D eigenvalue weighted by Crippen LogP contribution is -2.36. The Kier molecular flexibility index (Phi) is 6.99. The number of nitrogens with zero attached hydrogens (tertiary/aromatic N) is 3. The maximum absolute atomic E-state index is 13.3. The van der Waals surface area contributed by atoms with E-state index in [2.05, 4.69) is 19.9 Å². The number of carboxylic acid groups (broad SMARTS) is 1. The second-order valence-corrected chi connectivity index (χ2v) is 8.54. The lowest BCUT2D eigenvalue weighted by Gasteiger charge is -2.30. The Morgan fingerprint density at radius 3 is 2.44 bits per heavy atom. The molecule has 0 bridgehead atoms. The van der Waals surface area contributed by atoms with Gasteiger partial charge in [0, 0.05) is 24.8 Å². The highest BCUT2D eigenvalue weighted by molar-refractivity contribution is 5.79. The van der Waals surface area contributed by atoms with E-state index in [-0.39, 0.29) is 17.8 Å². The summed E-state index contributed by atoms with van der Waals surface area (Å²) < 4.78 is 13.3. The molecule has 0 amide bonds. The van der Waals surface area contributed by atoms with Crippen molar-refractivity contribution >= 4 is 22.8 Å². The van der Waals surface area contributed by atoms with Crippen LogP contribution < -0.4 is 4.90 Å². The molecule has 2 aromatic heterocycles. The number of nitrogens with one attached hydrogen (secondary N) is 1. The average Bonchev–Trinajstić information content (AvgIpc) is 3.24. The van der Waals surface area contributed by atoms with E-state index in [4.69, 9.17) is 5.11 Å². The number of aliphatic hydroxyl groups is 1. The van der Waals surface area contributed by atoms with Gasteiger partial charge in [-0.15, -0.1) is 0 Å². The number of aliphatic hydroxyl groups excluding tert-OH is 1. The van der Waals surface area contributed by atoms with Crippen LogP contribution in [-0.2, 0) is 4.79 Å². The van der Waals surface area contributed by atoms with E-state index in [1.165, 1.54) is 18.6 Å². The van der Waals surface area contributed by atoms with Crippen LogP contribution in [-0.4, -0.2) is 50.3 Å². The average molecular weight is 441 g/mol. The molecule has 3 aromatic rings. The van der Waals surface area contributed by atoms with Crippen molar-refractivity contribution in [3.8, 4) is 11.4 Å². The van der Waals surface area contributed by atoms with Crippen molar-refractivity contribution in [1.29, 1.82) is 0 Å². The number of imidazole rings is 1. The number of piperidine rings is 1. The summed E-state index contributed by atoms with van der Waals surface area (Å²) in [6.45, 7) is 1.63. The summed E-state index contributed by atoms with van der Waals surface area (Å²) in [6.07, 6.45) is 8.37. The fraction of sp³-hybridized carbons (Fsp3) is 0.458. The largest absolute Gasteiger partial charge is 0.481 e. The molecule has 1 aliphatic carbocycles. The molecule has 1 saturated heterocycles. The monoisotopic (exact) mass is 440 g/mol. The fourth-order valence-electron chi connectivity index (χ4n) is 4.28. The number of hydrogen-bond donors (Lipinski definition) is 3. The molecule has 170 valence electrons. The van der Waals surface area contributed by atoms with Gasteiger partial charge in [-0.3, -0.25) is 4.79 Å². The van der Waals surface area contributed by atoms with Gasteiger partial charge in [0.25, 0.3) is 0 Å². The van der Waals surface area contributed by atoms with Crippen LogP contribution in [0.25, 0.3) is 22.4 Å². The lowest BCUT2D eigenvalue weighted by atomic mass is 9.90. The molecule has 3 N–H and O–H groups in total. The normalized spacial score (nSPS) is 17.8. The van der Waals surface area contributed by atoms with Crippen molar-refractivity contribution in [2.45, 2.75) is 51.0 Å². The Hall–Kier alpha value is -3.00. The van der Waals surface area contributed by atoms with Crippen molar-refractivity contribution in [2.24, 2.45) is 5.92 Å². The summed E-state index contributed by atoms with van der Waals surface area (Å²) in [4.78, 5) is 24.6. The van der Waals surface area contributed by atoms with E-state index in [0.717, 1.165) is 68.5 Å². The van der Waals surface area contributed by atoms with E-state index in [1.807, 2.05) is 12.1 Å². The first kappa shape index (κ1) is 22.2. The van der Waals surface area contributed by atoms with Gasteiger partial charge in [0.1, 0.15) is 17.5 Å². The minimum absolute atomic E-state index is 0.0289. The van der Waals surface area contributed by atoms with Gasteiger partial charge in [0.15, 0.2) is 0 Å². The first-order chi connectivity index (χ1) is 15.5. The molecular formula is C24H29FN4O3. The minimum atomic E-state index is -0.602. The number of H-pyrrole nitrogens is 1. The summed E-state index contributed by atoms with van der Waals surface area (Å²) >= 11 is 0. The van der Waals surface area contributed by atoms with Crippen LogP contribution in [0.15, 0.2) is 36.5 Å². The van der Waals surface area contributed by atoms with Crippen molar-refractivity contribution in [3.63, 3.8) is 0 Å². The van der Waals surface area contributed by atoms with E-state index in [9.17, 15) is 14.3 Å². The second kappa shape index (κ2) is 10.1. The highest BCUT2D eigenvalue weighted by Gasteiger charge is 2.19. The molecule has 2 aliphatic rings. The number of aliphatic carboxylic acids is 1. The number of carbonyl (C=O) groups is 1. The molecule has 5 rings (SSSR count). The molecule has 1 aliphatic heterocycles. The minimum Gasteiger partial charge on any atom is -0.481 e. The second-order valence-electron chi connectivity index (χ2n) is 8.54. The van der Waals surface area contributed by atoms with Crippen LogP contribution in [0.4, 0.5) is 10.2 Å². The fourth-order valence-corrected chi connectivity index (χ4v) is 4.28. The molecular weight excluding hydrogens is 411 g/mol. The molecule has 32 heavy (non-hydrogen) atoms. The van der Waals surface area contributed by atoms with Crippen LogP contribution in [0.2, 0.25) is 0 Å². The first-order valence-corrected chi connectivity index (χ1v) is 11.3. The Bertz CT molecular complexity index is 1040. The Labute approximate surface area is 186 Å². The topological polar surface area (TPSA) is 102 Å². The summed E-state index contributed by atoms with van der Waals surface area (Å²) in [5.74, 6) is 0.670. The molecule has 8 heteroatoms. The van der Waals surface area contributed by atoms with Gasteiger partial charge >= 0.3 is 5.97 Å². The van der Waals surface area contributed by atoms with Crippen molar-refractivity contribution in [3.05, 3.63) is 42.3 Å². The van der Waals surface area contributed by atoms with Gasteiger partial charge in [-0.1, -0.05) is 19.3 Å². The van der Waals surface area contributed by atoms with Crippen LogP contribution in [0.3, 0.4) is 0 Å². The van der Waals surface area contributed by atoms with E-state index in [1.54, 1.807) is 12.3 Å². The first-order valence-electron chi connectivity index (χ1n) is 11.3. The third kappa shape index (κ3) is 5.43. The van der Waals surface area contributed by atoms with Crippen LogP contribution in [0.5, 0.6) is 0 Å². The molecule has 0 radical (unpaired) electrons. The number of anilines is 1. The predicted molar refractivity (Wildman–Crippen MR) is 121 cm³/mol. The zero-order valence-electron chi connectivity index (χ0n) is 18.0. The van der Waals surface area contributed by atoms with Crippen molar-refractivity contribution in [1.82, 2.24) is 15.0 Å². The quantitative estimate of drug-likeness (QED) is 0.559. The molecule has 1 saturated carbocycles. The predicted octanol–water partition coefficient (Wildman–Crippen LogP) is 4.38. The van der Waals surface area contributed by atoms with Gasteiger partial charge in [-0.25, -0.2) is 14.4 Å². The number of pyridine rings is 1. The van der Waals surface area contributed by atoms with Crippen LogP contribution >= 0.6 is 0 Å². The SMILES string of the molecule is O=C(O)C1CCCCC1.OC1CCN(c2ccc(-c3nc4ccc(F)cc4[nH]3)cn2)CC1. The molecule has 7 nitrogen and oxygen atoms in total. The zero-order chi connectivity index (χ0) is 22.5. The third-order valence-electron chi connectivity index (χ3n) is 6.21. The number of hydrogen-bond acceptors (Lipinski definition) is 5. The number of halogens is 1. The maximum atomic E-state index is 13.3. The summed E-state index contributed by atoms with van der Waals surface area (Å²) in [5, 5.41) is 18.1. The summed E-state index contributed by atoms with van der Waals surface area (Å²) in [6, 6.07) is 8.42. The standard InChI is InChI=1S/C17H17FN4O.C7H12O2/c18-12-2-3-14-15(9-12)21-17(20-14)11-1-4-16(19-10-11)22-7-5-13(23)6-8-22;8-7(9)6-4-2-1-3-5-6/h1-4,9-10,13,23H,5-8H2,(H,20,21);6H,1-5H2,(H,8,9). The van der Waals surface area contributed by atoms with Gasteiger partial charge < -0.3 is 20.1 Å². The van der Waals surface area contributed by atoms with Crippen LogP contribution in [0, 0.1) is 11.7 Å². The molecule has 0 spiro atoms. The number of fused-ring (bicyclic) bond motifs is 1. The number of carboxylic acids is 1. The molecule has 3 heterocycles. The highest BCUT2D eigenvalue weighted by Crippen LogP contribution is 2.24. The third-order valence-corrected chi connectivity index (χ3v) is 6.21. The molecule has 0 atom stereocenters. The highest BCUT2D eigenvalue weighted by atomic mass is 19.1. The number of aromatic nitrogens is 3. The summed E-state index contributed by atoms with van der Waals surface area (Å²) in [5.41, 5.74) is 2.27. The number of rotatable bonds is 3. The number of benzene rings is 1. The number of aromatic amines is 1. The molecule has 2 fully saturated rings. The Morgan fingerprint density at radius 2 is 1.81 bits per heavy atom.